The van der Waals surface area contributed by atoms with Gasteiger partial charge in [0.15, 0.2) is 0 Å². The maximum Gasteiger partial charge on any atom is 0.270 e. The lowest BCUT2D eigenvalue weighted by Crippen LogP contribution is -2.37. The quantitative estimate of drug-likeness (QED) is 0.815. The first kappa shape index (κ1) is 11.5. The van der Waals surface area contributed by atoms with E-state index in [0.29, 0.717) is 18.2 Å². The summed E-state index contributed by atoms with van der Waals surface area (Å²) in [6, 6.07) is 0.283. The van der Waals surface area contributed by atoms with Crippen LogP contribution in [0.15, 0.2) is 5.38 Å². The Morgan fingerprint density at radius 1 is 1.69 bits per heavy atom. The second-order valence-electron chi connectivity index (χ2n) is 4.25. The molecule has 2 N–H and O–H groups in total. The van der Waals surface area contributed by atoms with Crippen molar-refractivity contribution in [3.05, 3.63) is 16.1 Å². The monoisotopic (exact) mass is 239 g/mol. The molecule has 0 bridgehead atoms. The fourth-order valence-corrected chi connectivity index (χ4v) is 2.32. The van der Waals surface area contributed by atoms with Gasteiger partial charge in [0.05, 0.1) is 5.01 Å². The van der Waals surface area contributed by atoms with Crippen molar-refractivity contribution < 1.29 is 4.79 Å². The zero-order valence-corrected chi connectivity index (χ0v) is 10.4. The summed E-state index contributed by atoms with van der Waals surface area (Å²) in [6.45, 7) is 2.66. The first-order chi connectivity index (χ1) is 7.70. The van der Waals surface area contributed by atoms with Gasteiger partial charge in [-0.3, -0.25) is 4.79 Å². The molecule has 5 heteroatoms. The van der Waals surface area contributed by atoms with Crippen LogP contribution in [0.4, 0.5) is 0 Å². The van der Waals surface area contributed by atoms with Crippen molar-refractivity contribution in [3.63, 3.8) is 0 Å². The molecule has 16 heavy (non-hydrogen) atoms. The fraction of sp³-hybridized carbons (Fsp3) is 0.636. The van der Waals surface area contributed by atoms with E-state index in [1.807, 2.05) is 19.4 Å². The number of hydrogen-bond acceptors (Lipinski definition) is 4. The average Bonchev–Trinajstić information content (AvgIpc) is 3.03. The molecule has 0 spiro atoms. The van der Waals surface area contributed by atoms with Gasteiger partial charge in [-0.05, 0) is 26.8 Å². The number of aromatic nitrogens is 1. The van der Waals surface area contributed by atoms with Gasteiger partial charge in [-0.1, -0.05) is 0 Å². The maximum atomic E-state index is 11.7. The highest BCUT2D eigenvalue weighted by atomic mass is 32.1. The molecular formula is C11H17N3OS. The lowest BCUT2D eigenvalue weighted by atomic mass is 10.3. The third kappa shape index (κ3) is 2.80. The van der Waals surface area contributed by atoms with Gasteiger partial charge in [-0.25, -0.2) is 4.98 Å². The molecule has 0 saturated heterocycles. The number of thiazole rings is 1. The van der Waals surface area contributed by atoms with Gasteiger partial charge in [0.1, 0.15) is 5.69 Å². The molecule has 1 unspecified atom stereocenters. The number of carbonyl (C=O) groups is 1. The smallest absolute Gasteiger partial charge is 0.270 e. The lowest BCUT2D eigenvalue weighted by molar-refractivity contribution is 0.0946. The highest BCUT2D eigenvalue weighted by molar-refractivity contribution is 7.10. The topological polar surface area (TPSA) is 54.0 Å². The summed E-state index contributed by atoms with van der Waals surface area (Å²) in [5, 5.41) is 8.91. The Hall–Kier alpha value is -0.940. The van der Waals surface area contributed by atoms with Crippen LogP contribution in [0.2, 0.25) is 0 Å². The van der Waals surface area contributed by atoms with E-state index in [4.69, 9.17) is 0 Å². The minimum absolute atomic E-state index is 0.0646. The third-order valence-corrected chi connectivity index (χ3v) is 3.75. The Bertz CT molecular complexity index is 373. The molecule has 1 aromatic rings. The lowest BCUT2D eigenvalue weighted by Gasteiger charge is -2.10. The number of carbonyl (C=O) groups excluding carboxylic acids is 1. The molecule has 88 valence electrons. The zero-order valence-electron chi connectivity index (χ0n) is 9.62. The Labute approximate surface area is 99.5 Å². The van der Waals surface area contributed by atoms with Crippen LogP contribution in [0.5, 0.6) is 0 Å². The van der Waals surface area contributed by atoms with Crippen LogP contribution in [0.3, 0.4) is 0 Å². The van der Waals surface area contributed by atoms with E-state index in [1.54, 1.807) is 11.3 Å². The summed E-state index contributed by atoms with van der Waals surface area (Å²) in [6.07, 6.45) is 2.46. The van der Waals surface area contributed by atoms with Gasteiger partial charge >= 0.3 is 0 Å². The summed E-state index contributed by atoms with van der Waals surface area (Å²) in [7, 11) is 1.88. The molecule has 1 heterocycles. The summed E-state index contributed by atoms with van der Waals surface area (Å²) in [5.74, 6) is 0.563. The van der Waals surface area contributed by atoms with Gasteiger partial charge in [-0.15, -0.1) is 11.3 Å². The van der Waals surface area contributed by atoms with Crippen LogP contribution in [-0.2, 0) is 0 Å². The number of nitrogens with zero attached hydrogens (tertiary/aromatic N) is 1. The SMILES string of the molecule is CNC(C)CNC(=O)c1csc(C2CC2)n1. The van der Waals surface area contributed by atoms with Crippen LogP contribution < -0.4 is 10.6 Å². The van der Waals surface area contributed by atoms with Crippen LogP contribution in [-0.4, -0.2) is 30.5 Å². The van der Waals surface area contributed by atoms with Crippen LogP contribution in [0.1, 0.15) is 41.2 Å². The van der Waals surface area contributed by atoms with Crippen molar-refractivity contribution in [2.45, 2.75) is 31.7 Å². The normalized spacial score (nSPS) is 17.1. The number of nitrogens with one attached hydrogen (secondary N) is 2. The van der Waals surface area contributed by atoms with Gasteiger partial charge in [-0.2, -0.15) is 0 Å². The summed E-state index contributed by atoms with van der Waals surface area (Å²) in [5.41, 5.74) is 0.565. The molecule has 1 fully saturated rings. The predicted octanol–water partition coefficient (Wildman–Crippen LogP) is 1.36. The number of rotatable bonds is 5. The van der Waals surface area contributed by atoms with Crippen molar-refractivity contribution in [2.75, 3.05) is 13.6 Å². The number of likely N-dealkylation sites (N-methyl/N-ethyl adjacent to an activating group) is 1. The summed E-state index contributed by atoms with van der Waals surface area (Å²) >= 11 is 1.60. The van der Waals surface area contributed by atoms with Crippen molar-refractivity contribution in [3.8, 4) is 0 Å². The molecule has 0 aromatic carbocycles. The highest BCUT2D eigenvalue weighted by Crippen LogP contribution is 2.41. The minimum Gasteiger partial charge on any atom is -0.349 e. The molecule has 1 saturated carbocycles. The average molecular weight is 239 g/mol. The molecule has 0 aliphatic heterocycles. The van der Waals surface area contributed by atoms with Gasteiger partial charge < -0.3 is 10.6 Å². The Balaban J connectivity index is 1.87. The van der Waals surface area contributed by atoms with Crippen LogP contribution >= 0.6 is 11.3 Å². The van der Waals surface area contributed by atoms with Crippen molar-refractivity contribution in [1.29, 1.82) is 0 Å². The molecular weight excluding hydrogens is 222 g/mol. The zero-order chi connectivity index (χ0) is 11.5. The van der Waals surface area contributed by atoms with Crippen molar-refractivity contribution >= 4 is 17.2 Å². The standard InChI is InChI=1S/C11H17N3OS/c1-7(12-2)5-13-10(15)9-6-16-11(14-9)8-3-4-8/h6-8,12H,3-5H2,1-2H3,(H,13,15). The molecule has 1 atom stereocenters. The first-order valence-corrected chi connectivity index (χ1v) is 6.49. The molecule has 4 nitrogen and oxygen atoms in total. The second kappa shape index (κ2) is 4.93. The maximum absolute atomic E-state index is 11.7. The van der Waals surface area contributed by atoms with Gasteiger partial charge in [0, 0.05) is 23.9 Å². The molecule has 1 aromatic heterocycles. The van der Waals surface area contributed by atoms with Crippen molar-refractivity contribution in [1.82, 2.24) is 15.6 Å². The minimum atomic E-state index is -0.0646. The number of hydrogen-bond donors (Lipinski definition) is 2. The van der Waals surface area contributed by atoms with E-state index >= 15 is 0 Å². The second-order valence-corrected chi connectivity index (χ2v) is 5.13. The Morgan fingerprint density at radius 2 is 2.44 bits per heavy atom. The Kier molecular flexibility index (Phi) is 3.56. The third-order valence-electron chi connectivity index (χ3n) is 2.74. The van der Waals surface area contributed by atoms with E-state index < -0.39 is 0 Å². The van der Waals surface area contributed by atoms with Gasteiger partial charge in [0.2, 0.25) is 0 Å². The van der Waals surface area contributed by atoms with Crippen LogP contribution in [0, 0.1) is 0 Å². The van der Waals surface area contributed by atoms with Gasteiger partial charge in [0.25, 0.3) is 5.91 Å². The van der Waals surface area contributed by atoms with E-state index in [1.165, 1.54) is 12.8 Å². The summed E-state index contributed by atoms with van der Waals surface area (Å²) in [4.78, 5) is 16.1. The van der Waals surface area contributed by atoms with Crippen molar-refractivity contribution in [2.24, 2.45) is 0 Å². The van der Waals surface area contributed by atoms with E-state index in [0.717, 1.165) is 5.01 Å². The largest absolute Gasteiger partial charge is 0.349 e. The highest BCUT2D eigenvalue weighted by Gasteiger charge is 2.27. The first-order valence-electron chi connectivity index (χ1n) is 5.61. The number of amides is 1. The molecule has 1 amide bonds. The van der Waals surface area contributed by atoms with E-state index in [2.05, 4.69) is 15.6 Å². The fourth-order valence-electron chi connectivity index (χ4n) is 1.35. The van der Waals surface area contributed by atoms with E-state index in [9.17, 15) is 4.79 Å². The van der Waals surface area contributed by atoms with E-state index in [-0.39, 0.29) is 11.9 Å². The molecule has 1 aliphatic rings. The van der Waals surface area contributed by atoms with Crippen LogP contribution in [0.25, 0.3) is 0 Å². The molecule has 2 rings (SSSR count). The molecule has 1 aliphatic carbocycles. The Morgan fingerprint density at radius 3 is 3.06 bits per heavy atom. The predicted molar refractivity (Wildman–Crippen MR) is 64.9 cm³/mol. The molecule has 0 radical (unpaired) electrons. The summed E-state index contributed by atoms with van der Waals surface area (Å²) < 4.78 is 0.